The van der Waals surface area contributed by atoms with Gasteiger partial charge in [-0.3, -0.25) is 4.79 Å². The lowest BCUT2D eigenvalue weighted by Gasteiger charge is -2.07. The van der Waals surface area contributed by atoms with Crippen LogP contribution in [0.3, 0.4) is 0 Å². The summed E-state index contributed by atoms with van der Waals surface area (Å²) in [6.45, 7) is 4.31. The fourth-order valence-corrected chi connectivity index (χ4v) is 1.88. The first-order valence-corrected chi connectivity index (χ1v) is 6.95. The van der Waals surface area contributed by atoms with Crippen LogP contribution in [0.5, 0.6) is 5.75 Å². The Morgan fingerprint density at radius 1 is 1.27 bits per heavy atom. The monoisotopic (exact) mass is 297 g/mol. The Hall–Kier alpha value is -2.82. The first-order chi connectivity index (χ1) is 10.7. The van der Waals surface area contributed by atoms with Crippen LogP contribution >= 0.6 is 0 Å². The zero-order valence-corrected chi connectivity index (χ0v) is 12.5. The van der Waals surface area contributed by atoms with Gasteiger partial charge in [0.05, 0.1) is 25.4 Å². The number of hydrogen-bond donors (Lipinski definition) is 2. The molecule has 0 saturated carbocycles. The van der Waals surface area contributed by atoms with E-state index in [2.05, 4.69) is 22.2 Å². The SMILES string of the molecule is C=CCNc1ccc(NC(=O)Cc2ccc(OC)cc2)nc1. The number of methoxy groups -OCH3 is 1. The summed E-state index contributed by atoms with van der Waals surface area (Å²) in [5, 5.41) is 5.89. The quantitative estimate of drug-likeness (QED) is 0.771. The van der Waals surface area contributed by atoms with E-state index in [1.165, 1.54) is 0 Å². The lowest BCUT2D eigenvalue weighted by atomic mass is 10.1. The Morgan fingerprint density at radius 2 is 2.05 bits per heavy atom. The van der Waals surface area contributed by atoms with Crippen LogP contribution in [0, 0.1) is 0 Å². The number of benzene rings is 1. The van der Waals surface area contributed by atoms with E-state index in [1.54, 1.807) is 25.4 Å². The highest BCUT2D eigenvalue weighted by Crippen LogP contribution is 2.13. The summed E-state index contributed by atoms with van der Waals surface area (Å²) >= 11 is 0. The first-order valence-electron chi connectivity index (χ1n) is 6.95. The topological polar surface area (TPSA) is 63.2 Å². The molecule has 2 aromatic rings. The van der Waals surface area contributed by atoms with E-state index in [0.29, 0.717) is 18.8 Å². The fraction of sp³-hybridized carbons (Fsp3) is 0.176. The molecule has 1 amide bonds. The summed E-state index contributed by atoms with van der Waals surface area (Å²) in [5.74, 6) is 1.19. The molecule has 114 valence electrons. The maximum absolute atomic E-state index is 12.0. The molecule has 0 aliphatic heterocycles. The van der Waals surface area contributed by atoms with E-state index in [-0.39, 0.29) is 5.91 Å². The smallest absolute Gasteiger partial charge is 0.229 e. The fourth-order valence-electron chi connectivity index (χ4n) is 1.88. The Kier molecular flexibility index (Phi) is 5.54. The molecule has 1 heterocycles. The van der Waals surface area contributed by atoms with Gasteiger partial charge in [-0.05, 0) is 29.8 Å². The number of nitrogens with zero attached hydrogens (tertiary/aromatic N) is 1. The number of carbonyl (C=O) groups excluding carboxylic acids is 1. The van der Waals surface area contributed by atoms with E-state index in [0.717, 1.165) is 17.0 Å². The third-order valence-corrected chi connectivity index (χ3v) is 3.01. The van der Waals surface area contributed by atoms with Crippen molar-refractivity contribution in [2.24, 2.45) is 0 Å². The maximum Gasteiger partial charge on any atom is 0.229 e. The van der Waals surface area contributed by atoms with Gasteiger partial charge < -0.3 is 15.4 Å². The predicted molar refractivity (Wildman–Crippen MR) is 88.3 cm³/mol. The second-order valence-electron chi connectivity index (χ2n) is 4.67. The Morgan fingerprint density at radius 3 is 2.64 bits per heavy atom. The van der Waals surface area contributed by atoms with Crippen LogP contribution in [0.1, 0.15) is 5.56 Å². The maximum atomic E-state index is 12.0. The molecule has 0 unspecified atom stereocenters. The summed E-state index contributed by atoms with van der Waals surface area (Å²) in [5.41, 5.74) is 1.80. The van der Waals surface area contributed by atoms with Crippen LogP contribution in [0.2, 0.25) is 0 Å². The second-order valence-corrected chi connectivity index (χ2v) is 4.67. The highest BCUT2D eigenvalue weighted by Gasteiger charge is 2.05. The van der Waals surface area contributed by atoms with Crippen molar-refractivity contribution in [2.75, 3.05) is 24.3 Å². The molecular weight excluding hydrogens is 278 g/mol. The third-order valence-electron chi connectivity index (χ3n) is 3.01. The van der Waals surface area contributed by atoms with Crippen LogP contribution in [0.15, 0.2) is 55.3 Å². The van der Waals surface area contributed by atoms with Gasteiger partial charge in [-0.25, -0.2) is 4.98 Å². The minimum atomic E-state index is -0.107. The number of amides is 1. The molecule has 0 fully saturated rings. The molecule has 0 spiro atoms. The van der Waals surface area contributed by atoms with E-state index >= 15 is 0 Å². The van der Waals surface area contributed by atoms with Crippen molar-refractivity contribution in [3.05, 3.63) is 60.8 Å². The zero-order valence-electron chi connectivity index (χ0n) is 12.5. The van der Waals surface area contributed by atoms with Crippen molar-refractivity contribution < 1.29 is 9.53 Å². The van der Waals surface area contributed by atoms with Crippen molar-refractivity contribution in [1.82, 2.24) is 4.98 Å². The number of pyridine rings is 1. The molecule has 0 bridgehead atoms. The van der Waals surface area contributed by atoms with Crippen molar-refractivity contribution in [2.45, 2.75) is 6.42 Å². The minimum absolute atomic E-state index is 0.107. The number of aromatic nitrogens is 1. The summed E-state index contributed by atoms with van der Waals surface area (Å²) in [7, 11) is 1.61. The van der Waals surface area contributed by atoms with Crippen LogP contribution in [-0.4, -0.2) is 24.5 Å². The standard InChI is InChI=1S/C17H19N3O2/c1-3-10-18-14-6-9-16(19-12-14)20-17(21)11-13-4-7-15(22-2)8-5-13/h3-9,12,18H,1,10-11H2,2H3,(H,19,20,21). The molecule has 1 aromatic heterocycles. The van der Waals surface area contributed by atoms with Crippen molar-refractivity contribution in [3.8, 4) is 5.75 Å². The van der Waals surface area contributed by atoms with E-state index in [1.807, 2.05) is 30.3 Å². The number of rotatable bonds is 7. The van der Waals surface area contributed by atoms with E-state index in [4.69, 9.17) is 4.74 Å². The number of anilines is 2. The first kappa shape index (κ1) is 15.6. The van der Waals surface area contributed by atoms with Gasteiger partial charge in [0.2, 0.25) is 5.91 Å². The van der Waals surface area contributed by atoms with E-state index in [9.17, 15) is 4.79 Å². The van der Waals surface area contributed by atoms with E-state index < -0.39 is 0 Å². The molecule has 5 heteroatoms. The molecule has 0 atom stereocenters. The molecule has 2 N–H and O–H groups in total. The van der Waals surface area contributed by atoms with Crippen LogP contribution < -0.4 is 15.4 Å². The average Bonchev–Trinajstić information content (AvgIpc) is 2.55. The molecule has 5 nitrogen and oxygen atoms in total. The molecule has 0 aliphatic rings. The molecule has 0 saturated heterocycles. The highest BCUT2D eigenvalue weighted by molar-refractivity contribution is 5.91. The summed E-state index contributed by atoms with van der Waals surface area (Å²) in [4.78, 5) is 16.2. The predicted octanol–water partition coefficient (Wildman–Crippen LogP) is 2.87. The molecular formula is C17H19N3O2. The van der Waals surface area contributed by atoms with Crippen molar-refractivity contribution >= 4 is 17.4 Å². The molecule has 22 heavy (non-hydrogen) atoms. The van der Waals surface area contributed by atoms with Gasteiger partial charge in [-0.1, -0.05) is 18.2 Å². The number of carbonyl (C=O) groups is 1. The minimum Gasteiger partial charge on any atom is -0.497 e. The van der Waals surface area contributed by atoms with Gasteiger partial charge in [0.25, 0.3) is 0 Å². The van der Waals surface area contributed by atoms with Gasteiger partial charge in [-0.2, -0.15) is 0 Å². The third kappa shape index (κ3) is 4.63. The zero-order chi connectivity index (χ0) is 15.8. The normalized spacial score (nSPS) is 9.86. The second kappa shape index (κ2) is 7.83. The highest BCUT2D eigenvalue weighted by atomic mass is 16.5. The lowest BCUT2D eigenvalue weighted by molar-refractivity contribution is -0.115. The molecule has 0 radical (unpaired) electrons. The van der Waals surface area contributed by atoms with Gasteiger partial charge >= 0.3 is 0 Å². The Balaban J connectivity index is 1.89. The Labute approximate surface area is 130 Å². The lowest BCUT2D eigenvalue weighted by Crippen LogP contribution is -2.15. The van der Waals surface area contributed by atoms with Crippen LogP contribution in [0.25, 0.3) is 0 Å². The molecule has 1 aromatic carbocycles. The van der Waals surface area contributed by atoms with Crippen molar-refractivity contribution in [3.63, 3.8) is 0 Å². The largest absolute Gasteiger partial charge is 0.497 e. The summed E-state index contributed by atoms with van der Waals surface area (Å²) in [6.07, 6.45) is 3.74. The van der Waals surface area contributed by atoms with Gasteiger partial charge in [0.1, 0.15) is 11.6 Å². The number of ether oxygens (including phenoxy) is 1. The van der Waals surface area contributed by atoms with Crippen LogP contribution in [-0.2, 0) is 11.2 Å². The Bertz CT molecular complexity index is 621. The van der Waals surface area contributed by atoms with Gasteiger partial charge in [0, 0.05) is 6.54 Å². The van der Waals surface area contributed by atoms with Gasteiger partial charge in [0.15, 0.2) is 0 Å². The van der Waals surface area contributed by atoms with Crippen LogP contribution in [0.4, 0.5) is 11.5 Å². The summed E-state index contributed by atoms with van der Waals surface area (Å²) in [6, 6.07) is 11.0. The molecule has 2 rings (SSSR count). The van der Waals surface area contributed by atoms with Crippen molar-refractivity contribution in [1.29, 1.82) is 0 Å². The average molecular weight is 297 g/mol. The number of nitrogens with one attached hydrogen (secondary N) is 2. The number of hydrogen-bond acceptors (Lipinski definition) is 4. The summed E-state index contributed by atoms with van der Waals surface area (Å²) < 4.78 is 5.09. The van der Waals surface area contributed by atoms with Gasteiger partial charge in [-0.15, -0.1) is 6.58 Å². The molecule has 0 aliphatic carbocycles.